The van der Waals surface area contributed by atoms with Gasteiger partial charge in [-0.3, -0.25) is 0 Å². The van der Waals surface area contributed by atoms with Gasteiger partial charge in [0.05, 0.1) is 6.61 Å². The minimum Gasteiger partial charge on any atom is -0.479 e. The van der Waals surface area contributed by atoms with E-state index in [0.29, 0.717) is 0 Å². The van der Waals surface area contributed by atoms with Gasteiger partial charge in [-0.15, -0.1) is 0 Å². The van der Waals surface area contributed by atoms with E-state index in [-0.39, 0.29) is 40.8 Å². The van der Waals surface area contributed by atoms with Gasteiger partial charge in [-0.05, 0) is 0 Å². The van der Waals surface area contributed by atoms with Crippen LogP contribution >= 0.6 is 0 Å². The van der Waals surface area contributed by atoms with Crippen molar-refractivity contribution in [2.75, 3.05) is 6.61 Å². The Morgan fingerprint density at radius 2 is 1.50 bits per heavy atom. The van der Waals surface area contributed by atoms with Gasteiger partial charge in [-0.25, -0.2) is 4.79 Å². The molecule has 0 radical (unpaired) electrons. The number of carboxylic acid groups (broad SMARTS) is 1. The Kier molecular flexibility index (Phi) is 9.55. The van der Waals surface area contributed by atoms with Gasteiger partial charge in [0.2, 0.25) is 0 Å². The van der Waals surface area contributed by atoms with Crippen LogP contribution in [0, 0.1) is 40.8 Å². The van der Waals surface area contributed by atoms with E-state index in [1.807, 2.05) is 0 Å². The molecule has 0 aliphatic carbocycles. The van der Waals surface area contributed by atoms with Gasteiger partial charge < -0.3 is 30.6 Å². The van der Waals surface area contributed by atoms with Crippen LogP contribution in [-0.4, -0.2) is 67.6 Å². The number of aliphatic hydroxyl groups excluding tert-OH is 5. The fraction of sp³-hybridized carbons (Fsp3) is 0.833. The van der Waals surface area contributed by atoms with Crippen molar-refractivity contribution in [2.45, 2.75) is 24.4 Å². The molecule has 82 valence electrons. The molecule has 7 nitrogen and oxygen atoms in total. The van der Waals surface area contributed by atoms with Crippen molar-refractivity contribution in [1.29, 1.82) is 0 Å². The Labute approximate surface area is 113 Å². The minimum absolute atomic E-state index is 0. The Morgan fingerprint density at radius 1 is 1.07 bits per heavy atom. The Bertz CT molecular complexity index is 176. The second-order valence-electron chi connectivity index (χ2n) is 2.51. The smallest absolute Gasteiger partial charge is 0.335 e. The molecule has 0 saturated heterocycles. The third-order valence-corrected chi connectivity index (χ3v) is 1.51. The minimum atomic E-state index is -2.20. The van der Waals surface area contributed by atoms with Crippen LogP contribution in [0.2, 0.25) is 0 Å². The first-order valence-corrected chi connectivity index (χ1v) is 3.47. The molecular weight excluding hydrogens is 328 g/mol. The molecule has 0 aromatic heterocycles. The third kappa shape index (κ3) is 4.92. The van der Waals surface area contributed by atoms with E-state index in [0.717, 1.165) is 0 Å². The number of carbonyl (C=O) groups is 1. The van der Waals surface area contributed by atoms with E-state index >= 15 is 0 Å². The van der Waals surface area contributed by atoms with Crippen molar-refractivity contribution < 1.29 is 76.3 Å². The number of aliphatic carboxylic acids is 1. The van der Waals surface area contributed by atoms with Crippen molar-refractivity contribution in [1.82, 2.24) is 0 Å². The number of carboxylic acids is 1. The largest absolute Gasteiger partial charge is 0.479 e. The van der Waals surface area contributed by atoms with E-state index in [2.05, 4.69) is 0 Å². The summed E-state index contributed by atoms with van der Waals surface area (Å²) in [4.78, 5) is 10.1. The zero-order valence-corrected chi connectivity index (χ0v) is 10.3. The second-order valence-corrected chi connectivity index (χ2v) is 2.51. The maximum Gasteiger partial charge on any atom is 0.335 e. The van der Waals surface area contributed by atoms with E-state index < -0.39 is 37.0 Å². The SMILES string of the molecule is O=C(O)C(O)C(O)C(O)C(O)CO.[Nd]. The molecule has 4 atom stereocenters. The summed E-state index contributed by atoms with van der Waals surface area (Å²) >= 11 is 0. The van der Waals surface area contributed by atoms with Gasteiger partial charge in [0, 0.05) is 40.8 Å². The van der Waals surface area contributed by atoms with E-state index in [4.69, 9.17) is 30.6 Å². The fourth-order valence-corrected chi connectivity index (χ4v) is 0.668. The Hall–Kier alpha value is 0.621. The summed E-state index contributed by atoms with van der Waals surface area (Å²) in [7, 11) is 0. The maximum atomic E-state index is 10.1. The van der Waals surface area contributed by atoms with Crippen LogP contribution in [0.25, 0.3) is 0 Å². The zero-order chi connectivity index (χ0) is 10.6. The molecule has 4 unspecified atom stereocenters. The third-order valence-electron chi connectivity index (χ3n) is 1.51. The zero-order valence-electron chi connectivity index (χ0n) is 7.11. The van der Waals surface area contributed by atoms with Crippen molar-refractivity contribution in [3.05, 3.63) is 0 Å². The molecule has 0 amide bonds. The van der Waals surface area contributed by atoms with Gasteiger partial charge in [0.1, 0.15) is 18.3 Å². The van der Waals surface area contributed by atoms with Crippen LogP contribution in [0.4, 0.5) is 0 Å². The van der Waals surface area contributed by atoms with Crippen LogP contribution < -0.4 is 0 Å². The Balaban J connectivity index is 0. The first-order valence-electron chi connectivity index (χ1n) is 3.47. The van der Waals surface area contributed by atoms with E-state index in [1.54, 1.807) is 0 Å². The molecule has 0 fully saturated rings. The van der Waals surface area contributed by atoms with Gasteiger partial charge in [-0.2, -0.15) is 0 Å². The molecule has 6 N–H and O–H groups in total. The molecule has 0 heterocycles. The van der Waals surface area contributed by atoms with Crippen molar-refractivity contribution in [3.63, 3.8) is 0 Å². The molecule has 0 spiro atoms. The standard InChI is InChI=1S/C6H12O7.Nd/c7-1-2(8)3(9)4(10)5(11)6(12)13;/h2-5,7-11H,1H2,(H,12,13);. The summed E-state index contributed by atoms with van der Waals surface area (Å²) in [6.45, 7) is -0.843. The summed E-state index contributed by atoms with van der Waals surface area (Å²) in [5.74, 6) is -1.73. The molecule has 0 bridgehead atoms. The topological polar surface area (TPSA) is 138 Å². The first-order chi connectivity index (χ1) is 5.91. The monoisotopic (exact) mass is 338 g/mol. The normalized spacial score (nSPS) is 18.9. The van der Waals surface area contributed by atoms with Crippen LogP contribution in [0.15, 0.2) is 0 Å². The Morgan fingerprint density at radius 3 is 1.79 bits per heavy atom. The van der Waals surface area contributed by atoms with Crippen LogP contribution in [0.1, 0.15) is 0 Å². The maximum absolute atomic E-state index is 10.1. The van der Waals surface area contributed by atoms with Crippen LogP contribution in [0.5, 0.6) is 0 Å². The van der Waals surface area contributed by atoms with Gasteiger partial charge in [0.25, 0.3) is 0 Å². The summed E-state index contributed by atoms with van der Waals surface area (Å²) in [6, 6.07) is 0. The molecule has 0 aromatic carbocycles. The van der Waals surface area contributed by atoms with Gasteiger partial charge in [-0.1, -0.05) is 0 Å². The van der Waals surface area contributed by atoms with E-state index in [1.165, 1.54) is 0 Å². The molecule has 0 aliphatic heterocycles. The van der Waals surface area contributed by atoms with Gasteiger partial charge >= 0.3 is 5.97 Å². The number of hydrogen-bond donors (Lipinski definition) is 6. The fourth-order valence-electron chi connectivity index (χ4n) is 0.668. The molecular formula is C6H12NdO7. The molecule has 0 saturated carbocycles. The average Bonchev–Trinajstić information content (AvgIpc) is 2.12. The van der Waals surface area contributed by atoms with Crippen molar-refractivity contribution in [3.8, 4) is 0 Å². The number of rotatable bonds is 5. The first kappa shape index (κ1) is 17.0. The molecule has 0 rings (SSSR count). The number of aliphatic hydroxyl groups is 5. The number of hydrogen-bond acceptors (Lipinski definition) is 6. The van der Waals surface area contributed by atoms with Crippen LogP contribution in [-0.2, 0) is 4.79 Å². The predicted octanol–water partition coefficient (Wildman–Crippen LogP) is -3.49. The molecule has 0 aliphatic rings. The predicted molar refractivity (Wildman–Crippen MR) is 38.7 cm³/mol. The quantitative estimate of drug-likeness (QED) is 0.305. The molecule has 0 aromatic rings. The summed E-state index contributed by atoms with van der Waals surface area (Å²) < 4.78 is 0. The summed E-state index contributed by atoms with van der Waals surface area (Å²) in [6.07, 6.45) is -7.84. The van der Waals surface area contributed by atoms with E-state index in [9.17, 15) is 4.79 Å². The van der Waals surface area contributed by atoms with Crippen molar-refractivity contribution in [2.24, 2.45) is 0 Å². The average molecular weight is 340 g/mol. The molecule has 8 heteroatoms. The second kappa shape index (κ2) is 7.85. The molecule has 14 heavy (non-hydrogen) atoms. The van der Waals surface area contributed by atoms with Gasteiger partial charge in [0.15, 0.2) is 6.10 Å². The summed E-state index contributed by atoms with van der Waals surface area (Å²) in [5, 5.41) is 51.8. The van der Waals surface area contributed by atoms with Crippen molar-refractivity contribution >= 4 is 5.97 Å². The van der Waals surface area contributed by atoms with Crippen LogP contribution in [0.3, 0.4) is 0 Å². The summed E-state index contributed by atoms with van der Waals surface area (Å²) in [5.41, 5.74) is 0.